The van der Waals surface area contributed by atoms with Gasteiger partial charge in [0.05, 0.1) is 5.56 Å². The fourth-order valence-electron chi connectivity index (χ4n) is 3.23. The molecule has 0 aliphatic carbocycles. The van der Waals surface area contributed by atoms with E-state index < -0.39 is 11.7 Å². The van der Waals surface area contributed by atoms with E-state index in [1.54, 1.807) is 29.2 Å². The molecule has 1 saturated heterocycles. The second-order valence-corrected chi connectivity index (χ2v) is 7.57. The normalized spacial score (nSPS) is 14.5. The highest BCUT2D eigenvalue weighted by Gasteiger charge is 2.31. The van der Waals surface area contributed by atoms with Crippen LogP contribution in [0.3, 0.4) is 0 Å². The molecule has 2 aromatic rings. The number of hydrogen-bond acceptors (Lipinski definition) is 4. The Morgan fingerprint density at radius 3 is 2.29 bits per heavy atom. The number of alkyl halides is 3. The average Bonchev–Trinajstić information content (AvgIpc) is 2.76. The molecule has 10 heteroatoms. The Bertz CT molecular complexity index is 896. The molecule has 31 heavy (non-hydrogen) atoms. The maximum absolute atomic E-state index is 12.6. The lowest BCUT2D eigenvalue weighted by molar-refractivity contribution is -0.137. The maximum atomic E-state index is 12.6. The molecule has 0 spiro atoms. The van der Waals surface area contributed by atoms with Gasteiger partial charge in [-0.25, -0.2) is 4.98 Å². The van der Waals surface area contributed by atoms with Gasteiger partial charge in [0, 0.05) is 55.9 Å². The number of aromatic nitrogens is 1. The molecule has 166 valence electrons. The Hall–Kier alpha value is -2.81. The van der Waals surface area contributed by atoms with E-state index in [-0.39, 0.29) is 11.8 Å². The molecule has 0 bridgehead atoms. The van der Waals surface area contributed by atoms with Crippen molar-refractivity contribution in [2.75, 3.05) is 37.6 Å². The lowest BCUT2D eigenvalue weighted by Gasteiger charge is -2.35. The summed E-state index contributed by atoms with van der Waals surface area (Å²) in [5.74, 6) is 0.229. The molecule has 1 fully saturated rings. The van der Waals surface area contributed by atoms with Crippen LogP contribution in [0, 0.1) is 0 Å². The van der Waals surface area contributed by atoms with Crippen molar-refractivity contribution in [3.05, 3.63) is 58.7 Å². The van der Waals surface area contributed by atoms with E-state index in [0.717, 1.165) is 12.3 Å². The fraction of sp³-hybridized carbons (Fsp3) is 0.381. The summed E-state index contributed by atoms with van der Waals surface area (Å²) >= 11 is 5.80. The first-order valence-corrected chi connectivity index (χ1v) is 10.2. The smallest absolute Gasteiger partial charge is 0.353 e. The van der Waals surface area contributed by atoms with Crippen LogP contribution in [-0.2, 0) is 11.0 Å². The number of halogens is 4. The number of piperazine rings is 1. The first-order valence-electron chi connectivity index (χ1n) is 9.84. The molecule has 1 aromatic carbocycles. The van der Waals surface area contributed by atoms with Gasteiger partial charge in [0.15, 0.2) is 0 Å². The molecule has 1 aliphatic heterocycles. The Labute approximate surface area is 183 Å². The van der Waals surface area contributed by atoms with Gasteiger partial charge >= 0.3 is 6.18 Å². The summed E-state index contributed by atoms with van der Waals surface area (Å²) in [6.45, 7) is 2.31. The van der Waals surface area contributed by atoms with Crippen LogP contribution >= 0.6 is 11.6 Å². The molecule has 1 aliphatic rings. The van der Waals surface area contributed by atoms with Crippen molar-refractivity contribution in [3.63, 3.8) is 0 Å². The third-order valence-corrected chi connectivity index (χ3v) is 5.24. The van der Waals surface area contributed by atoms with E-state index in [0.29, 0.717) is 62.0 Å². The highest BCUT2D eigenvalue weighted by Crippen LogP contribution is 2.29. The molecule has 0 unspecified atom stereocenters. The molecule has 0 atom stereocenters. The van der Waals surface area contributed by atoms with Gasteiger partial charge in [-0.15, -0.1) is 0 Å². The lowest BCUT2D eigenvalue weighted by atomic mass is 10.2. The molecule has 6 nitrogen and oxygen atoms in total. The molecular weight excluding hydrogens is 433 g/mol. The number of benzene rings is 1. The summed E-state index contributed by atoms with van der Waals surface area (Å²) in [4.78, 5) is 31.9. The zero-order valence-electron chi connectivity index (χ0n) is 16.7. The number of hydrogen-bond donors (Lipinski definition) is 1. The number of nitrogens with one attached hydrogen (secondary N) is 1. The Kier molecular flexibility index (Phi) is 7.37. The molecule has 2 amide bonds. The van der Waals surface area contributed by atoms with Gasteiger partial charge in [0.25, 0.3) is 5.91 Å². The van der Waals surface area contributed by atoms with E-state index in [1.165, 1.54) is 6.07 Å². The highest BCUT2D eigenvalue weighted by molar-refractivity contribution is 6.30. The first kappa shape index (κ1) is 22.9. The number of nitrogens with zero attached hydrogens (tertiary/aromatic N) is 3. The SMILES string of the molecule is O=C(NCCCC(=O)N1CCN(c2ccc(C(F)(F)F)cn2)CC1)c1ccc(Cl)cc1. The van der Waals surface area contributed by atoms with Crippen molar-refractivity contribution in [2.24, 2.45) is 0 Å². The van der Waals surface area contributed by atoms with Crippen LogP contribution in [0.4, 0.5) is 19.0 Å². The number of carbonyl (C=O) groups is 2. The van der Waals surface area contributed by atoms with Crippen LogP contribution in [0.15, 0.2) is 42.6 Å². The quantitative estimate of drug-likeness (QED) is 0.677. The molecule has 0 radical (unpaired) electrons. The maximum Gasteiger partial charge on any atom is 0.417 e. The minimum absolute atomic E-state index is 0.0132. The number of rotatable bonds is 6. The van der Waals surface area contributed by atoms with E-state index in [1.807, 2.05) is 4.90 Å². The summed E-state index contributed by atoms with van der Waals surface area (Å²) < 4.78 is 37.9. The second kappa shape index (κ2) is 10.00. The van der Waals surface area contributed by atoms with Gasteiger partial charge in [-0.1, -0.05) is 11.6 Å². The molecule has 0 saturated carbocycles. The van der Waals surface area contributed by atoms with Gasteiger partial charge in [-0.2, -0.15) is 13.2 Å². The van der Waals surface area contributed by atoms with Crippen molar-refractivity contribution in [1.29, 1.82) is 0 Å². The van der Waals surface area contributed by atoms with Gasteiger partial charge in [-0.05, 0) is 42.8 Å². The summed E-state index contributed by atoms with van der Waals surface area (Å²) in [6, 6.07) is 8.91. The minimum atomic E-state index is -4.41. The summed E-state index contributed by atoms with van der Waals surface area (Å²) in [6.07, 6.45) is -2.77. The number of amides is 2. The molecule has 2 heterocycles. The van der Waals surface area contributed by atoms with Gasteiger partial charge in [0.2, 0.25) is 5.91 Å². The molecule has 3 rings (SSSR count). The summed E-state index contributed by atoms with van der Waals surface area (Å²) in [7, 11) is 0. The predicted octanol–water partition coefficient (Wildman–Crippen LogP) is 3.61. The predicted molar refractivity (Wildman–Crippen MR) is 111 cm³/mol. The van der Waals surface area contributed by atoms with Crippen LogP contribution in [0.25, 0.3) is 0 Å². The molecular formula is C21H22ClF3N4O2. The summed E-state index contributed by atoms with van der Waals surface area (Å²) in [5, 5.41) is 3.32. The van der Waals surface area contributed by atoms with E-state index >= 15 is 0 Å². The monoisotopic (exact) mass is 454 g/mol. The standard InChI is InChI=1S/C21H22ClF3N4O2/c22-17-6-3-15(4-7-17)20(31)26-9-1-2-19(30)29-12-10-28(11-13-29)18-8-5-16(14-27-18)21(23,24)25/h3-8,14H,1-2,9-13H2,(H,26,31). The third-order valence-electron chi connectivity index (χ3n) is 4.99. The van der Waals surface area contributed by atoms with Gasteiger partial charge < -0.3 is 15.1 Å². The zero-order valence-corrected chi connectivity index (χ0v) is 17.4. The van der Waals surface area contributed by atoms with Crippen molar-refractivity contribution in [2.45, 2.75) is 19.0 Å². The van der Waals surface area contributed by atoms with Crippen LogP contribution in [0.2, 0.25) is 5.02 Å². The Balaban J connectivity index is 1.38. The molecule has 1 aromatic heterocycles. The number of anilines is 1. The van der Waals surface area contributed by atoms with Crippen LogP contribution in [0.5, 0.6) is 0 Å². The van der Waals surface area contributed by atoms with Crippen LogP contribution in [-0.4, -0.2) is 54.4 Å². The fourth-order valence-corrected chi connectivity index (χ4v) is 3.35. The summed E-state index contributed by atoms with van der Waals surface area (Å²) in [5.41, 5.74) is -0.281. The Morgan fingerprint density at radius 2 is 1.71 bits per heavy atom. The topological polar surface area (TPSA) is 65.5 Å². The van der Waals surface area contributed by atoms with Crippen LogP contribution in [0.1, 0.15) is 28.8 Å². The van der Waals surface area contributed by atoms with Crippen molar-refractivity contribution in [1.82, 2.24) is 15.2 Å². The van der Waals surface area contributed by atoms with Gasteiger partial charge in [-0.3, -0.25) is 9.59 Å². The second-order valence-electron chi connectivity index (χ2n) is 7.14. The first-order chi connectivity index (χ1) is 14.7. The largest absolute Gasteiger partial charge is 0.417 e. The minimum Gasteiger partial charge on any atom is -0.353 e. The van der Waals surface area contributed by atoms with Crippen molar-refractivity contribution in [3.8, 4) is 0 Å². The van der Waals surface area contributed by atoms with Gasteiger partial charge in [0.1, 0.15) is 5.82 Å². The van der Waals surface area contributed by atoms with E-state index in [9.17, 15) is 22.8 Å². The van der Waals surface area contributed by atoms with Crippen LogP contribution < -0.4 is 10.2 Å². The highest BCUT2D eigenvalue weighted by atomic mass is 35.5. The third kappa shape index (κ3) is 6.33. The average molecular weight is 455 g/mol. The lowest BCUT2D eigenvalue weighted by Crippen LogP contribution is -2.49. The number of pyridine rings is 1. The van der Waals surface area contributed by atoms with E-state index in [2.05, 4.69) is 10.3 Å². The van der Waals surface area contributed by atoms with Crippen molar-refractivity contribution < 1.29 is 22.8 Å². The number of carbonyl (C=O) groups excluding carboxylic acids is 2. The molecule has 1 N–H and O–H groups in total. The Morgan fingerprint density at radius 1 is 1.03 bits per heavy atom. The zero-order chi connectivity index (χ0) is 22.4. The van der Waals surface area contributed by atoms with E-state index in [4.69, 9.17) is 11.6 Å². The van der Waals surface area contributed by atoms with Crippen molar-refractivity contribution >= 4 is 29.2 Å².